The molecule has 1 aromatic heterocycles. The second-order valence-corrected chi connectivity index (χ2v) is 4.74. The van der Waals surface area contributed by atoms with Crippen molar-refractivity contribution < 1.29 is 4.79 Å². The van der Waals surface area contributed by atoms with E-state index in [1.807, 2.05) is 54.6 Å². The fraction of sp³-hybridized carbons (Fsp3) is 0.118. The second-order valence-electron chi connectivity index (χ2n) is 4.74. The van der Waals surface area contributed by atoms with E-state index in [1.165, 1.54) is 11.8 Å². The number of benzene rings is 2. The van der Waals surface area contributed by atoms with E-state index in [-0.39, 0.29) is 5.91 Å². The van der Waals surface area contributed by atoms with E-state index in [9.17, 15) is 4.79 Å². The monoisotopic (exact) mass is 277 g/mol. The minimum Gasteiger partial charge on any atom is -0.350 e. The van der Waals surface area contributed by atoms with Crippen molar-refractivity contribution in [2.24, 2.45) is 0 Å². The first-order valence-electron chi connectivity index (χ1n) is 6.87. The van der Waals surface area contributed by atoms with Gasteiger partial charge >= 0.3 is 0 Å². The molecule has 0 saturated heterocycles. The van der Waals surface area contributed by atoms with Crippen LogP contribution in [0.3, 0.4) is 0 Å². The van der Waals surface area contributed by atoms with Gasteiger partial charge in [-0.3, -0.25) is 9.78 Å². The molecule has 4 nitrogen and oxygen atoms in total. The summed E-state index contributed by atoms with van der Waals surface area (Å²) in [5.74, 6) is -0.191. The van der Waals surface area contributed by atoms with Gasteiger partial charge in [-0.2, -0.15) is 0 Å². The Morgan fingerprint density at radius 2 is 1.67 bits per heavy atom. The number of hydrogen-bond donors (Lipinski definition) is 1. The van der Waals surface area contributed by atoms with Gasteiger partial charge in [0.2, 0.25) is 0 Å². The number of amides is 1. The van der Waals surface area contributed by atoms with E-state index in [0.29, 0.717) is 12.2 Å². The number of carbonyl (C=O) groups is 1. The van der Waals surface area contributed by atoms with E-state index < -0.39 is 0 Å². The van der Waals surface area contributed by atoms with Gasteiger partial charge in [0.05, 0.1) is 17.2 Å². The molecule has 1 N–H and O–H groups in total. The SMILES string of the molecule is O=C(NCCc1ccccc1)c1cnc2ccccc2n1. The van der Waals surface area contributed by atoms with Crippen LogP contribution in [0.5, 0.6) is 0 Å². The lowest BCUT2D eigenvalue weighted by atomic mass is 10.1. The fourth-order valence-electron chi connectivity index (χ4n) is 2.12. The molecule has 3 aromatic rings. The van der Waals surface area contributed by atoms with Crippen molar-refractivity contribution in [1.82, 2.24) is 15.3 Å². The zero-order chi connectivity index (χ0) is 14.5. The minimum atomic E-state index is -0.191. The van der Waals surface area contributed by atoms with Crippen molar-refractivity contribution in [3.63, 3.8) is 0 Å². The number of aromatic nitrogens is 2. The summed E-state index contributed by atoms with van der Waals surface area (Å²) < 4.78 is 0. The molecule has 1 heterocycles. The van der Waals surface area contributed by atoms with Crippen LogP contribution in [0.1, 0.15) is 16.1 Å². The Kier molecular flexibility index (Phi) is 3.87. The fourth-order valence-corrected chi connectivity index (χ4v) is 2.12. The second kappa shape index (κ2) is 6.13. The minimum absolute atomic E-state index is 0.191. The summed E-state index contributed by atoms with van der Waals surface area (Å²) in [6.07, 6.45) is 2.31. The van der Waals surface area contributed by atoms with Crippen molar-refractivity contribution in [3.05, 3.63) is 72.1 Å². The number of fused-ring (bicyclic) bond motifs is 1. The van der Waals surface area contributed by atoms with Crippen LogP contribution in [0, 0.1) is 0 Å². The molecule has 21 heavy (non-hydrogen) atoms. The Labute approximate surface area is 122 Å². The van der Waals surface area contributed by atoms with Crippen LogP contribution < -0.4 is 5.32 Å². The maximum atomic E-state index is 12.1. The normalized spacial score (nSPS) is 10.5. The van der Waals surface area contributed by atoms with Crippen molar-refractivity contribution in [2.75, 3.05) is 6.54 Å². The van der Waals surface area contributed by atoms with Crippen LogP contribution >= 0.6 is 0 Å². The molecule has 0 bridgehead atoms. The van der Waals surface area contributed by atoms with Crippen LogP contribution in [0.15, 0.2) is 60.8 Å². The first-order chi connectivity index (χ1) is 10.3. The summed E-state index contributed by atoms with van der Waals surface area (Å²) >= 11 is 0. The molecule has 4 heteroatoms. The van der Waals surface area contributed by atoms with E-state index in [4.69, 9.17) is 0 Å². The maximum Gasteiger partial charge on any atom is 0.271 e. The standard InChI is InChI=1S/C17H15N3O/c21-17(18-11-10-13-6-2-1-3-7-13)16-12-19-14-8-4-5-9-15(14)20-16/h1-9,12H,10-11H2,(H,18,21). The Balaban J connectivity index is 1.64. The number of hydrogen-bond acceptors (Lipinski definition) is 3. The van der Waals surface area contributed by atoms with Crippen LogP contribution in [0.2, 0.25) is 0 Å². The number of nitrogens with zero attached hydrogens (tertiary/aromatic N) is 2. The third kappa shape index (κ3) is 3.23. The summed E-state index contributed by atoms with van der Waals surface area (Å²) in [5.41, 5.74) is 3.07. The van der Waals surface area contributed by atoms with Crippen molar-refractivity contribution in [3.8, 4) is 0 Å². The van der Waals surface area contributed by atoms with Crippen LogP contribution in [-0.2, 0) is 6.42 Å². The molecule has 0 aliphatic rings. The van der Waals surface area contributed by atoms with E-state index in [2.05, 4.69) is 15.3 Å². The lowest BCUT2D eigenvalue weighted by Gasteiger charge is -2.05. The van der Waals surface area contributed by atoms with Gasteiger partial charge in [-0.1, -0.05) is 42.5 Å². The average Bonchev–Trinajstić information content (AvgIpc) is 2.55. The molecule has 0 radical (unpaired) electrons. The molecule has 0 spiro atoms. The summed E-state index contributed by atoms with van der Waals surface area (Å²) in [7, 11) is 0. The highest BCUT2D eigenvalue weighted by atomic mass is 16.1. The smallest absolute Gasteiger partial charge is 0.271 e. The third-order valence-electron chi connectivity index (χ3n) is 3.22. The maximum absolute atomic E-state index is 12.1. The molecular formula is C17H15N3O. The Bertz CT molecular complexity index is 756. The van der Waals surface area contributed by atoms with Gasteiger partial charge in [0.1, 0.15) is 5.69 Å². The summed E-state index contributed by atoms with van der Waals surface area (Å²) in [4.78, 5) is 20.6. The molecule has 0 saturated carbocycles. The predicted molar refractivity (Wildman–Crippen MR) is 82.0 cm³/mol. The van der Waals surface area contributed by atoms with E-state index in [1.54, 1.807) is 0 Å². The first-order valence-corrected chi connectivity index (χ1v) is 6.87. The summed E-state index contributed by atoms with van der Waals surface area (Å²) in [6.45, 7) is 0.581. The third-order valence-corrected chi connectivity index (χ3v) is 3.22. The van der Waals surface area contributed by atoms with Gasteiger partial charge in [0.15, 0.2) is 0 Å². The van der Waals surface area contributed by atoms with Crippen molar-refractivity contribution >= 4 is 16.9 Å². The van der Waals surface area contributed by atoms with Gasteiger partial charge in [0, 0.05) is 6.54 Å². The molecule has 2 aromatic carbocycles. The van der Waals surface area contributed by atoms with E-state index >= 15 is 0 Å². The number of carbonyl (C=O) groups excluding carboxylic acids is 1. The number of rotatable bonds is 4. The zero-order valence-corrected chi connectivity index (χ0v) is 11.5. The van der Waals surface area contributed by atoms with Crippen LogP contribution in [-0.4, -0.2) is 22.4 Å². The zero-order valence-electron chi connectivity index (χ0n) is 11.5. The average molecular weight is 277 g/mol. The molecular weight excluding hydrogens is 262 g/mol. The van der Waals surface area contributed by atoms with Crippen LogP contribution in [0.4, 0.5) is 0 Å². The highest BCUT2D eigenvalue weighted by Gasteiger charge is 2.08. The Morgan fingerprint density at radius 1 is 0.952 bits per heavy atom. The van der Waals surface area contributed by atoms with E-state index in [0.717, 1.165) is 17.5 Å². The molecule has 0 fully saturated rings. The predicted octanol–water partition coefficient (Wildman–Crippen LogP) is 2.60. The van der Waals surface area contributed by atoms with Gasteiger partial charge in [-0.15, -0.1) is 0 Å². The molecule has 0 aliphatic carbocycles. The lowest BCUT2D eigenvalue weighted by molar-refractivity contribution is 0.0949. The Morgan fingerprint density at radius 3 is 2.48 bits per heavy atom. The highest BCUT2D eigenvalue weighted by Crippen LogP contribution is 2.08. The largest absolute Gasteiger partial charge is 0.350 e. The molecule has 0 atom stereocenters. The molecule has 3 rings (SSSR count). The van der Waals surface area contributed by atoms with Gasteiger partial charge in [-0.25, -0.2) is 4.98 Å². The van der Waals surface area contributed by atoms with Gasteiger partial charge in [0.25, 0.3) is 5.91 Å². The number of nitrogens with one attached hydrogen (secondary N) is 1. The van der Waals surface area contributed by atoms with Gasteiger partial charge in [-0.05, 0) is 24.1 Å². The molecule has 1 amide bonds. The molecule has 0 aliphatic heterocycles. The van der Waals surface area contributed by atoms with Crippen LogP contribution in [0.25, 0.3) is 11.0 Å². The summed E-state index contributed by atoms with van der Waals surface area (Å²) in [6, 6.07) is 17.6. The molecule has 0 unspecified atom stereocenters. The van der Waals surface area contributed by atoms with Crippen molar-refractivity contribution in [1.29, 1.82) is 0 Å². The quantitative estimate of drug-likeness (QED) is 0.797. The van der Waals surface area contributed by atoms with Gasteiger partial charge < -0.3 is 5.32 Å². The Hall–Kier alpha value is -2.75. The highest BCUT2D eigenvalue weighted by molar-refractivity contribution is 5.93. The lowest BCUT2D eigenvalue weighted by Crippen LogP contribution is -2.26. The number of para-hydroxylation sites is 2. The summed E-state index contributed by atoms with van der Waals surface area (Å²) in [5, 5.41) is 2.87. The van der Waals surface area contributed by atoms with Crippen molar-refractivity contribution in [2.45, 2.75) is 6.42 Å². The first kappa shape index (κ1) is 13.2. The topological polar surface area (TPSA) is 54.9 Å². The molecule has 104 valence electrons.